The molecule has 2 rings (SSSR count). The highest BCUT2D eigenvalue weighted by atomic mass is 16.6. The standard InChI is InChI=1S/C20H32O2/c1-14(2)7-5-9-16(4)18-12-11-15(3)8-6-10-17-13-22-20(21)19(17)18/h7-8,10,16,18-21H,5-6,9,11-13H2,1-4H3/b15-8+,17-10-/t16-,18+,19-,20+/m1/s1. The lowest BCUT2D eigenvalue weighted by Crippen LogP contribution is -2.29. The van der Waals surface area contributed by atoms with Gasteiger partial charge in [-0.25, -0.2) is 0 Å². The SMILES string of the molecule is CC(C)=CCC[C@@H](C)[C@@H]1CC/C(C)=C/C/C=C2/CO[C@H](O)[C@H]21. The van der Waals surface area contributed by atoms with Gasteiger partial charge in [-0.1, -0.05) is 36.3 Å². The summed E-state index contributed by atoms with van der Waals surface area (Å²) < 4.78 is 5.56. The van der Waals surface area contributed by atoms with Gasteiger partial charge in [0, 0.05) is 5.92 Å². The maximum atomic E-state index is 10.3. The van der Waals surface area contributed by atoms with Crippen molar-refractivity contribution in [3.05, 3.63) is 34.9 Å². The molecule has 1 fully saturated rings. The molecule has 0 saturated carbocycles. The molecule has 2 nitrogen and oxygen atoms in total. The second-order valence-corrected chi connectivity index (χ2v) is 7.33. The zero-order valence-electron chi connectivity index (χ0n) is 14.6. The number of allylic oxidation sites excluding steroid dienone is 5. The van der Waals surface area contributed by atoms with Gasteiger partial charge in [-0.2, -0.15) is 0 Å². The Labute approximate surface area is 136 Å². The summed E-state index contributed by atoms with van der Waals surface area (Å²) in [4.78, 5) is 0. The fraction of sp³-hybridized carbons (Fsp3) is 0.700. The quantitative estimate of drug-likeness (QED) is 0.740. The van der Waals surface area contributed by atoms with Crippen molar-refractivity contribution in [2.24, 2.45) is 17.8 Å². The van der Waals surface area contributed by atoms with E-state index in [0.717, 1.165) is 25.7 Å². The van der Waals surface area contributed by atoms with Crippen LogP contribution in [0.2, 0.25) is 0 Å². The highest BCUT2D eigenvalue weighted by Gasteiger charge is 2.39. The summed E-state index contributed by atoms with van der Waals surface area (Å²) in [5.41, 5.74) is 4.19. The molecule has 4 atom stereocenters. The van der Waals surface area contributed by atoms with E-state index in [1.807, 2.05) is 0 Å². The molecule has 1 N–H and O–H groups in total. The molecule has 1 aliphatic heterocycles. The van der Waals surface area contributed by atoms with Crippen molar-refractivity contribution in [2.45, 2.75) is 66.1 Å². The first kappa shape index (κ1) is 17.5. The molecule has 1 saturated heterocycles. The molecule has 0 aromatic rings. The molecule has 2 heteroatoms. The first-order valence-electron chi connectivity index (χ1n) is 8.76. The van der Waals surface area contributed by atoms with E-state index in [-0.39, 0.29) is 5.92 Å². The molecule has 1 aliphatic carbocycles. The van der Waals surface area contributed by atoms with Crippen molar-refractivity contribution in [1.82, 2.24) is 0 Å². The van der Waals surface area contributed by atoms with Crippen LogP contribution in [-0.4, -0.2) is 18.0 Å². The zero-order valence-corrected chi connectivity index (χ0v) is 14.6. The minimum atomic E-state index is -0.611. The molecule has 1 heterocycles. The molecule has 22 heavy (non-hydrogen) atoms. The molecule has 0 spiro atoms. The Bertz CT molecular complexity index is 454. The normalized spacial score (nSPS) is 35.0. The smallest absolute Gasteiger partial charge is 0.161 e. The number of ether oxygens (including phenoxy) is 1. The van der Waals surface area contributed by atoms with Crippen molar-refractivity contribution >= 4 is 0 Å². The number of aliphatic hydroxyl groups is 1. The van der Waals surface area contributed by atoms with Crippen LogP contribution in [0.3, 0.4) is 0 Å². The number of aliphatic hydroxyl groups excluding tert-OH is 1. The van der Waals surface area contributed by atoms with Crippen LogP contribution in [0, 0.1) is 17.8 Å². The van der Waals surface area contributed by atoms with Gasteiger partial charge in [0.15, 0.2) is 6.29 Å². The van der Waals surface area contributed by atoms with Crippen LogP contribution in [0.1, 0.15) is 59.8 Å². The van der Waals surface area contributed by atoms with Crippen LogP contribution in [0.4, 0.5) is 0 Å². The minimum absolute atomic E-state index is 0.195. The molecule has 124 valence electrons. The topological polar surface area (TPSA) is 29.5 Å². The Morgan fingerprint density at radius 1 is 1.41 bits per heavy atom. The van der Waals surface area contributed by atoms with Crippen molar-refractivity contribution in [3.8, 4) is 0 Å². The van der Waals surface area contributed by atoms with E-state index < -0.39 is 6.29 Å². The minimum Gasteiger partial charge on any atom is -0.367 e. The predicted molar refractivity (Wildman–Crippen MR) is 92.5 cm³/mol. The molecular formula is C20H32O2. The molecule has 0 unspecified atom stereocenters. The van der Waals surface area contributed by atoms with Crippen LogP contribution in [0.25, 0.3) is 0 Å². The van der Waals surface area contributed by atoms with Crippen molar-refractivity contribution in [3.63, 3.8) is 0 Å². The van der Waals surface area contributed by atoms with Gasteiger partial charge < -0.3 is 9.84 Å². The lowest BCUT2D eigenvalue weighted by molar-refractivity contribution is -0.0976. The summed E-state index contributed by atoms with van der Waals surface area (Å²) >= 11 is 0. The molecule has 0 radical (unpaired) electrons. The van der Waals surface area contributed by atoms with Gasteiger partial charge >= 0.3 is 0 Å². The van der Waals surface area contributed by atoms with E-state index in [1.54, 1.807) is 0 Å². The van der Waals surface area contributed by atoms with Gasteiger partial charge in [0.05, 0.1) is 6.61 Å². The van der Waals surface area contributed by atoms with Crippen LogP contribution < -0.4 is 0 Å². The molecule has 2 aliphatic rings. The van der Waals surface area contributed by atoms with Crippen molar-refractivity contribution in [2.75, 3.05) is 6.61 Å². The third-order valence-corrected chi connectivity index (χ3v) is 5.24. The van der Waals surface area contributed by atoms with E-state index in [1.165, 1.54) is 23.1 Å². The van der Waals surface area contributed by atoms with E-state index in [9.17, 15) is 5.11 Å². The number of hydrogen-bond acceptors (Lipinski definition) is 2. The lowest BCUT2D eigenvalue weighted by Gasteiger charge is -2.31. The first-order chi connectivity index (χ1) is 10.5. The van der Waals surface area contributed by atoms with Gasteiger partial charge in [0.1, 0.15) is 0 Å². The van der Waals surface area contributed by atoms with Gasteiger partial charge in [0.25, 0.3) is 0 Å². The van der Waals surface area contributed by atoms with E-state index in [4.69, 9.17) is 4.74 Å². The van der Waals surface area contributed by atoms with Gasteiger partial charge in [-0.05, 0) is 70.3 Å². The number of fused-ring (bicyclic) bond motifs is 1. The third-order valence-electron chi connectivity index (χ3n) is 5.24. The van der Waals surface area contributed by atoms with Gasteiger partial charge in [-0.15, -0.1) is 0 Å². The molecule has 0 aromatic carbocycles. The van der Waals surface area contributed by atoms with Crippen LogP contribution >= 0.6 is 0 Å². The Balaban J connectivity index is 2.13. The second kappa shape index (κ2) is 8.12. The van der Waals surface area contributed by atoms with E-state index in [2.05, 4.69) is 45.9 Å². The number of hydrogen-bond donors (Lipinski definition) is 1. The summed E-state index contributed by atoms with van der Waals surface area (Å²) in [6.45, 7) is 9.51. The fourth-order valence-corrected chi connectivity index (χ4v) is 3.82. The highest BCUT2D eigenvalue weighted by molar-refractivity contribution is 5.18. The van der Waals surface area contributed by atoms with Gasteiger partial charge in [-0.3, -0.25) is 0 Å². The summed E-state index contributed by atoms with van der Waals surface area (Å²) in [7, 11) is 0. The monoisotopic (exact) mass is 304 g/mol. The molecule has 0 amide bonds. The second-order valence-electron chi connectivity index (χ2n) is 7.33. The van der Waals surface area contributed by atoms with Crippen molar-refractivity contribution < 1.29 is 9.84 Å². The van der Waals surface area contributed by atoms with Crippen molar-refractivity contribution in [1.29, 1.82) is 0 Å². The highest BCUT2D eigenvalue weighted by Crippen LogP contribution is 2.41. The lowest BCUT2D eigenvalue weighted by atomic mass is 9.74. The largest absolute Gasteiger partial charge is 0.367 e. The Kier molecular flexibility index (Phi) is 6.46. The van der Waals surface area contributed by atoms with E-state index >= 15 is 0 Å². The molecular weight excluding hydrogens is 272 g/mol. The summed E-state index contributed by atoms with van der Waals surface area (Å²) in [5, 5.41) is 10.3. The average molecular weight is 304 g/mol. The summed E-state index contributed by atoms with van der Waals surface area (Å²) in [5.74, 6) is 1.31. The maximum Gasteiger partial charge on any atom is 0.161 e. The third kappa shape index (κ3) is 4.57. The van der Waals surface area contributed by atoms with E-state index in [0.29, 0.717) is 18.4 Å². The number of rotatable bonds is 4. The molecule has 0 aromatic heterocycles. The summed E-state index contributed by atoms with van der Waals surface area (Å²) in [6.07, 6.45) is 11.9. The average Bonchev–Trinajstić information content (AvgIpc) is 2.83. The van der Waals surface area contributed by atoms with Gasteiger partial charge in [0.2, 0.25) is 0 Å². The Morgan fingerprint density at radius 2 is 2.18 bits per heavy atom. The summed E-state index contributed by atoms with van der Waals surface area (Å²) in [6, 6.07) is 0. The van der Waals surface area contributed by atoms with Crippen LogP contribution in [-0.2, 0) is 4.74 Å². The Hall–Kier alpha value is -0.860. The predicted octanol–water partition coefficient (Wildman–Crippen LogP) is 5.01. The van der Waals surface area contributed by atoms with Crippen LogP contribution in [0.5, 0.6) is 0 Å². The first-order valence-corrected chi connectivity index (χ1v) is 8.76. The molecule has 0 bridgehead atoms. The fourth-order valence-electron chi connectivity index (χ4n) is 3.82. The zero-order chi connectivity index (χ0) is 16.1. The van der Waals surface area contributed by atoms with Crippen LogP contribution in [0.15, 0.2) is 34.9 Å². The maximum absolute atomic E-state index is 10.3. The Morgan fingerprint density at radius 3 is 2.91 bits per heavy atom.